The fraction of sp³-hybridized carbons (Fsp3) is 0.0588. The molecule has 0 N–H and O–H groups in total. The second kappa shape index (κ2) is 5.04. The number of aryl methyl sites for hydroxylation is 1. The first-order chi connectivity index (χ1) is 10.8. The van der Waals surface area contributed by atoms with Crippen molar-refractivity contribution in [3.8, 4) is 22.8 Å². The Morgan fingerprint density at radius 2 is 1.86 bits per heavy atom. The van der Waals surface area contributed by atoms with Gasteiger partial charge >= 0.3 is 0 Å². The van der Waals surface area contributed by atoms with Crippen LogP contribution < -0.4 is 0 Å². The summed E-state index contributed by atoms with van der Waals surface area (Å²) in [5.41, 5.74) is 5.26. The molecule has 0 radical (unpaired) electrons. The minimum Gasteiger partial charge on any atom is -0.298 e. The van der Waals surface area contributed by atoms with Gasteiger partial charge in [0, 0.05) is 18.1 Å². The lowest BCUT2D eigenvalue weighted by Gasteiger charge is -2.04. The van der Waals surface area contributed by atoms with Crippen LogP contribution in [0.25, 0.3) is 28.4 Å². The van der Waals surface area contributed by atoms with Gasteiger partial charge in [-0.3, -0.25) is 9.38 Å². The van der Waals surface area contributed by atoms with Gasteiger partial charge in [-0.1, -0.05) is 12.1 Å². The van der Waals surface area contributed by atoms with Crippen molar-refractivity contribution in [2.45, 2.75) is 6.92 Å². The van der Waals surface area contributed by atoms with E-state index in [1.165, 1.54) is 0 Å². The highest BCUT2D eigenvalue weighted by Crippen LogP contribution is 2.30. The van der Waals surface area contributed by atoms with Crippen LogP contribution in [0, 0.1) is 6.92 Å². The van der Waals surface area contributed by atoms with Gasteiger partial charge in [0.05, 0.1) is 11.4 Å². The van der Waals surface area contributed by atoms with Crippen LogP contribution in [0.1, 0.15) is 5.69 Å². The molecule has 106 valence electrons. The van der Waals surface area contributed by atoms with Crippen LogP contribution >= 0.6 is 0 Å². The lowest BCUT2D eigenvalue weighted by molar-refractivity contribution is 1.12. The van der Waals surface area contributed by atoms with Crippen molar-refractivity contribution in [1.82, 2.24) is 24.3 Å². The topological polar surface area (TPSA) is 56.0 Å². The van der Waals surface area contributed by atoms with Gasteiger partial charge in [0.25, 0.3) is 0 Å². The van der Waals surface area contributed by atoms with Gasteiger partial charge in [0.1, 0.15) is 23.4 Å². The van der Waals surface area contributed by atoms with E-state index in [9.17, 15) is 0 Å². The van der Waals surface area contributed by atoms with Crippen molar-refractivity contribution in [1.29, 1.82) is 0 Å². The van der Waals surface area contributed by atoms with E-state index in [0.29, 0.717) is 0 Å². The molecule has 22 heavy (non-hydrogen) atoms. The highest BCUT2D eigenvalue weighted by molar-refractivity contribution is 5.78. The molecule has 4 aromatic rings. The van der Waals surface area contributed by atoms with E-state index >= 15 is 0 Å². The number of fused-ring (bicyclic) bond motifs is 1. The molecule has 4 rings (SSSR count). The molecule has 0 bridgehead atoms. The molecule has 0 unspecified atom stereocenters. The van der Waals surface area contributed by atoms with Crippen molar-refractivity contribution in [3.63, 3.8) is 0 Å². The quantitative estimate of drug-likeness (QED) is 0.568. The summed E-state index contributed by atoms with van der Waals surface area (Å²) in [6, 6.07) is 13.8. The van der Waals surface area contributed by atoms with Crippen molar-refractivity contribution in [3.05, 3.63) is 66.9 Å². The Labute approximate surface area is 127 Å². The third-order valence-corrected chi connectivity index (χ3v) is 3.49. The predicted molar refractivity (Wildman–Crippen MR) is 84.2 cm³/mol. The average molecular weight is 287 g/mol. The van der Waals surface area contributed by atoms with Crippen molar-refractivity contribution < 1.29 is 0 Å². The largest absolute Gasteiger partial charge is 0.298 e. The summed E-state index contributed by atoms with van der Waals surface area (Å²) in [5.74, 6) is 0. The molecule has 0 aliphatic rings. The van der Waals surface area contributed by atoms with Crippen LogP contribution in [-0.4, -0.2) is 24.3 Å². The van der Waals surface area contributed by atoms with Gasteiger partial charge in [0.15, 0.2) is 0 Å². The molecule has 4 heterocycles. The van der Waals surface area contributed by atoms with Crippen molar-refractivity contribution in [2.75, 3.05) is 0 Å². The van der Waals surface area contributed by atoms with Crippen LogP contribution in [0.5, 0.6) is 0 Å². The molecule has 0 atom stereocenters. The molecule has 0 saturated heterocycles. The molecular weight excluding hydrogens is 274 g/mol. The number of nitrogens with zero attached hydrogens (tertiary/aromatic N) is 5. The average Bonchev–Trinajstić information content (AvgIpc) is 2.95. The van der Waals surface area contributed by atoms with Gasteiger partial charge in [-0.25, -0.2) is 15.0 Å². The van der Waals surface area contributed by atoms with Gasteiger partial charge in [-0.2, -0.15) is 0 Å². The van der Waals surface area contributed by atoms with Gasteiger partial charge < -0.3 is 0 Å². The van der Waals surface area contributed by atoms with E-state index < -0.39 is 0 Å². The second-order valence-electron chi connectivity index (χ2n) is 5.00. The molecule has 0 spiro atoms. The number of imidazole rings is 1. The maximum Gasteiger partial charge on any atom is 0.138 e. The smallest absolute Gasteiger partial charge is 0.138 e. The molecule has 4 aromatic heterocycles. The number of rotatable bonds is 2. The minimum atomic E-state index is 0.826. The van der Waals surface area contributed by atoms with Crippen LogP contribution in [0.4, 0.5) is 0 Å². The number of hydrogen-bond acceptors (Lipinski definition) is 4. The maximum atomic E-state index is 4.74. The molecular formula is C17H13N5. The van der Waals surface area contributed by atoms with Crippen LogP contribution in [0.2, 0.25) is 0 Å². The molecule has 0 aliphatic carbocycles. The highest BCUT2D eigenvalue weighted by Gasteiger charge is 2.17. The normalized spacial score (nSPS) is 11.0. The Bertz CT molecular complexity index is 944. The van der Waals surface area contributed by atoms with Gasteiger partial charge in [0.2, 0.25) is 0 Å². The Balaban J connectivity index is 2.06. The molecule has 0 amide bonds. The fourth-order valence-corrected chi connectivity index (χ4v) is 2.52. The van der Waals surface area contributed by atoms with E-state index in [0.717, 1.165) is 34.1 Å². The Morgan fingerprint density at radius 1 is 0.909 bits per heavy atom. The molecule has 5 heteroatoms. The molecule has 0 aromatic carbocycles. The van der Waals surface area contributed by atoms with E-state index in [1.54, 1.807) is 12.5 Å². The standard InChI is InChI=1S/C17H13N5/c1-12-5-4-6-13(20-12)16-17(14-8-9-18-11-19-14)22-10-3-2-7-15(22)21-16/h2-11H,1H3. The Morgan fingerprint density at radius 3 is 2.68 bits per heavy atom. The number of hydrogen-bond donors (Lipinski definition) is 0. The van der Waals surface area contributed by atoms with E-state index in [4.69, 9.17) is 4.98 Å². The Kier molecular flexibility index (Phi) is 2.89. The summed E-state index contributed by atoms with van der Waals surface area (Å²) in [6.45, 7) is 1.98. The molecule has 0 aliphatic heterocycles. The van der Waals surface area contributed by atoms with Crippen LogP contribution in [-0.2, 0) is 0 Å². The van der Waals surface area contributed by atoms with Crippen molar-refractivity contribution >= 4 is 5.65 Å². The maximum absolute atomic E-state index is 4.74. The third kappa shape index (κ3) is 2.03. The van der Waals surface area contributed by atoms with E-state index in [1.807, 2.05) is 60.0 Å². The molecule has 5 nitrogen and oxygen atoms in total. The number of aromatic nitrogens is 5. The van der Waals surface area contributed by atoms with Crippen molar-refractivity contribution in [2.24, 2.45) is 0 Å². The van der Waals surface area contributed by atoms with E-state index in [2.05, 4.69) is 15.0 Å². The zero-order valence-electron chi connectivity index (χ0n) is 12.0. The summed E-state index contributed by atoms with van der Waals surface area (Å²) in [4.78, 5) is 17.7. The SMILES string of the molecule is Cc1cccc(-c2nc3ccccn3c2-c2ccncn2)n1. The summed E-state index contributed by atoms with van der Waals surface area (Å²) in [5, 5.41) is 0. The fourth-order valence-electron chi connectivity index (χ4n) is 2.52. The Hall–Kier alpha value is -3.08. The van der Waals surface area contributed by atoms with Crippen LogP contribution in [0.15, 0.2) is 61.2 Å². The monoisotopic (exact) mass is 287 g/mol. The highest BCUT2D eigenvalue weighted by atomic mass is 15.0. The minimum absolute atomic E-state index is 0.826. The summed E-state index contributed by atoms with van der Waals surface area (Å²) < 4.78 is 2.03. The first kappa shape index (κ1) is 12.6. The van der Waals surface area contributed by atoms with E-state index in [-0.39, 0.29) is 0 Å². The molecule has 0 saturated carbocycles. The summed E-state index contributed by atoms with van der Waals surface area (Å²) in [6.07, 6.45) is 5.27. The van der Waals surface area contributed by atoms with Crippen LogP contribution in [0.3, 0.4) is 0 Å². The second-order valence-corrected chi connectivity index (χ2v) is 5.00. The first-order valence-electron chi connectivity index (χ1n) is 7.00. The summed E-state index contributed by atoms with van der Waals surface area (Å²) >= 11 is 0. The summed E-state index contributed by atoms with van der Waals surface area (Å²) in [7, 11) is 0. The zero-order valence-corrected chi connectivity index (χ0v) is 12.0. The zero-order chi connectivity index (χ0) is 14.9. The lowest BCUT2D eigenvalue weighted by atomic mass is 10.1. The molecule has 0 fully saturated rings. The predicted octanol–water partition coefficient (Wildman–Crippen LogP) is 3.16. The number of pyridine rings is 2. The lowest BCUT2D eigenvalue weighted by Crippen LogP contribution is -1.93. The third-order valence-electron chi connectivity index (χ3n) is 3.49. The van der Waals surface area contributed by atoms with Gasteiger partial charge in [-0.05, 0) is 37.3 Å². The first-order valence-corrected chi connectivity index (χ1v) is 7.00. The van der Waals surface area contributed by atoms with Gasteiger partial charge in [-0.15, -0.1) is 0 Å².